The van der Waals surface area contributed by atoms with Gasteiger partial charge in [-0.1, -0.05) is 6.07 Å². The van der Waals surface area contributed by atoms with E-state index in [1.165, 1.54) is 6.92 Å². The molecule has 0 atom stereocenters. The number of hydrogen-bond acceptors (Lipinski definition) is 3. The molecular weight excluding hydrogens is 246 g/mol. The number of carboxylic acids is 1. The average Bonchev–Trinajstić information content (AvgIpc) is 2.28. The lowest BCUT2D eigenvalue weighted by Gasteiger charge is -2.32. The topological polar surface area (TPSA) is 75.6 Å². The summed E-state index contributed by atoms with van der Waals surface area (Å²) in [5.74, 6) is -0.957. The average molecular weight is 261 g/mol. The highest BCUT2D eigenvalue weighted by atomic mass is 16.6. The number of hydrogen-bond donors (Lipinski definition) is 2. The van der Waals surface area contributed by atoms with E-state index in [-0.39, 0.29) is 5.57 Å². The van der Waals surface area contributed by atoms with Crippen molar-refractivity contribution in [3.05, 3.63) is 34.9 Å². The van der Waals surface area contributed by atoms with Crippen molar-refractivity contribution < 1.29 is 19.4 Å². The van der Waals surface area contributed by atoms with Gasteiger partial charge in [0.05, 0.1) is 5.69 Å². The fourth-order valence-corrected chi connectivity index (χ4v) is 1.99. The van der Waals surface area contributed by atoms with E-state index in [1.807, 2.05) is 6.07 Å². The summed E-state index contributed by atoms with van der Waals surface area (Å²) in [6.07, 6.45) is 1.09. The molecule has 5 nitrogen and oxygen atoms in total. The Hall–Kier alpha value is -2.30. The van der Waals surface area contributed by atoms with E-state index in [4.69, 9.17) is 9.84 Å². The standard InChI is InChI=1S/C14H15NO4/c1-8(12(16)17)6-9-4-5-11-10(7-9)14(2,3)19-13(18)15-11/h4-7H,1-3H3,(H,15,18)(H,16,17). The van der Waals surface area contributed by atoms with E-state index in [0.717, 1.165) is 11.1 Å². The summed E-state index contributed by atoms with van der Waals surface area (Å²) in [5.41, 5.74) is 1.77. The van der Waals surface area contributed by atoms with E-state index < -0.39 is 17.7 Å². The monoisotopic (exact) mass is 261 g/mol. The first kappa shape index (κ1) is 13.1. The van der Waals surface area contributed by atoms with E-state index in [1.54, 1.807) is 32.1 Å². The number of carboxylic acid groups (broad SMARTS) is 1. The number of benzene rings is 1. The molecule has 1 amide bonds. The van der Waals surface area contributed by atoms with Gasteiger partial charge in [-0.3, -0.25) is 5.32 Å². The van der Waals surface area contributed by atoms with E-state index in [9.17, 15) is 9.59 Å². The largest absolute Gasteiger partial charge is 0.478 e. The Morgan fingerprint density at radius 3 is 2.74 bits per heavy atom. The lowest BCUT2D eigenvalue weighted by Crippen LogP contribution is -2.34. The molecule has 1 aromatic carbocycles. The van der Waals surface area contributed by atoms with Gasteiger partial charge >= 0.3 is 12.1 Å². The van der Waals surface area contributed by atoms with Crippen molar-refractivity contribution in [2.75, 3.05) is 5.32 Å². The zero-order valence-corrected chi connectivity index (χ0v) is 11.0. The number of carbonyl (C=O) groups is 2. The maximum Gasteiger partial charge on any atom is 0.412 e. The van der Waals surface area contributed by atoms with Crippen LogP contribution in [-0.4, -0.2) is 17.2 Å². The number of aliphatic carboxylic acids is 1. The number of fused-ring (bicyclic) bond motifs is 1. The number of rotatable bonds is 2. The summed E-state index contributed by atoms with van der Waals surface area (Å²) in [7, 11) is 0. The number of carbonyl (C=O) groups excluding carboxylic acids is 1. The van der Waals surface area contributed by atoms with Crippen molar-refractivity contribution in [3.63, 3.8) is 0 Å². The second-order valence-corrected chi connectivity index (χ2v) is 4.96. The van der Waals surface area contributed by atoms with E-state index >= 15 is 0 Å². The predicted molar refractivity (Wildman–Crippen MR) is 70.9 cm³/mol. The van der Waals surface area contributed by atoms with Crippen LogP contribution in [0.1, 0.15) is 31.9 Å². The molecule has 0 aliphatic carbocycles. The molecule has 0 spiro atoms. The van der Waals surface area contributed by atoms with Crippen LogP contribution >= 0.6 is 0 Å². The third kappa shape index (κ3) is 2.59. The first-order chi connectivity index (χ1) is 8.79. The van der Waals surface area contributed by atoms with Gasteiger partial charge in [-0.2, -0.15) is 0 Å². The van der Waals surface area contributed by atoms with Crippen LogP contribution < -0.4 is 5.32 Å². The first-order valence-electron chi connectivity index (χ1n) is 5.86. The molecule has 0 saturated carbocycles. The summed E-state index contributed by atoms with van der Waals surface area (Å²) in [4.78, 5) is 22.2. The van der Waals surface area contributed by atoms with Gasteiger partial charge in [0, 0.05) is 11.1 Å². The number of amides is 1. The minimum Gasteiger partial charge on any atom is -0.478 e. The van der Waals surface area contributed by atoms with Crippen molar-refractivity contribution in [1.29, 1.82) is 0 Å². The molecule has 1 aliphatic rings. The molecule has 1 aromatic rings. The maximum absolute atomic E-state index is 11.4. The van der Waals surface area contributed by atoms with Gasteiger partial charge in [0.15, 0.2) is 0 Å². The van der Waals surface area contributed by atoms with E-state index in [0.29, 0.717) is 5.69 Å². The molecule has 1 aliphatic heterocycles. The highest BCUT2D eigenvalue weighted by molar-refractivity contribution is 5.92. The van der Waals surface area contributed by atoms with Gasteiger partial charge in [-0.15, -0.1) is 0 Å². The minimum absolute atomic E-state index is 0.249. The van der Waals surface area contributed by atoms with Gasteiger partial charge < -0.3 is 9.84 Å². The highest BCUT2D eigenvalue weighted by Gasteiger charge is 2.33. The molecule has 0 aromatic heterocycles. The third-order valence-electron chi connectivity index (χ3n) is 3.00. The van der Waals surface area contributed by atoms with Crippen LogP contribution in [0.15, 0.2) is 23.8 Å². The Morgan fingerprint density at radius 1 is 1.42 bits per heavy atom. The van der Waals surface area contributed by atoms with Gasteiger partial charge in [0.1, 0.15) is 5.60 Å². The lowest BCUT2D eigenvalue weighted by atomic mass is 9.92. The molecule has 0 radical (unpaired) electrons. The van der Waals surface area contributed by atoms with Crippen LogP contribution in [0.3, 0.4) is 0 Å². The second kappa shape index (κ2) is 4.42. The molecule has 100 valence electrons. The number of nitrogens with one attached hydrogen (secondary N) is 1. The zero-order chi connectivity index (χ0) is 14.2. The predicted octanol–water partition coefficient (Wildman–Crippen LogP) is 2.97. The molecule has 2 N–H and O–H groups in total. The van der Waals surface area contributed by atoms with Crippen LogP contribution in [0.5, 0.6) is 0 Å². The van der Waals surface area contributed by atoms with Crippen LogP contribution in [0.2, 0.25) is 0 Å². The fourth-order valence-electron chi connectivity index (χ4n) is 1.99. The van der Waals surface area contributed by atoms with Crippen molar-refractivity contribution in [3.8, 4) is 0 Å². The summed E-state index contributed by atoms with van der Waals surface area (Å²) < 4.78 is 5.22. The molecule has 0 fully saturated rings. The summed E-state index contributed by atoms with van der Waals surface area (Å²) in [6, 6.07) is 5.33. The van der Waals surface area contributed by atoms with Crippen LogP contribution in [0.4, 0.5) is 10.5 Å². The molecule has 0 unspecified atom stereocenters. The Kier molecular flexibility index (Phi) is 3.06. The van der Waals surface area contributed by atoms with Gasteiger partial charge in [0.2, 0.25) is 0 Å². The molecule has 0 bridgehead atoms. The Bertz CT molecular complexity index is 587. The van der Waals surface area contributed by atoms with Crippen LogP contribution in [0, 0.1) is 0 Å². The number of cyclic esters (lactones) is 1. The highest BCUT2D eigenvalue weighted by Crippen LogP contribution is 2.36. The van der Waals surface area contributed by atoms with Crippen LogP contribution in [-0.2, 0) is 15.1 Å². The molecule has 5 heteroatoms. The van der Waals surface area contributed by atoms with Gasteiger partial charge in [0.25, 0.3) is 0 Å². The summed E-state index contributed by atoms with van der Waals surface area (Å²) in [6.45, 7) is 5.12. The quantitative estimate of drug-likeness (QED) is 0.802. The smallest absolute Gasteiger partial charge is 0.412 e. The van der Waals surface area contributed by atoms with Gasteiger partial charge in [-0.25, -0.2) is 9.59 Å². The van der Waals surface area contributed by atoms with Crippen molar-refractivity contribution in [1.82, 2.24) is 0 Å². The second-order valence-electron chi connectivity index (χ2n) is 4.96. The SMILES string of the molecule is CC(=Cc1ccc2c(c1)C(C)(C)OC(=O)N2)C(=O)O. The minimum atomic E-state index is -0.957. The molecule has 1 heterocycles. The van der Waals surface area contributed by atoms with E-state index in [2.05, 4.69) is 5.32 Å². The summed E-state index contributed by atoms with van der Waals surface area (Å²) >= 11 is 0. The zero-order valence-electron chi connectivity index (χ0n) is 11.0. The summed E-state index contributed by atoms with van der Waals surface area (Å²) in [5, 5.41) is 11.5. The van der Waals surface area contributed by atoms with Crippen LogP contribution in [0.25, 0.3) is 6.08 Å². The lowest BCUT2D eigenvalue weighted by molar-refractivity contribution is -0.132. The van der Waals surface area contributed by atoms with Gasteiger partial charge in [-0.05, 0) is 44.5 Å². The molecule has 19 heavy (non-hydrogen) atoms. The Labute approximate surface area is 110 Å². The molecular formula is C14H15NO4. The Morgan fingerprint density at radius 2 is 2.11 bits per heavy atom. The van der Waals surface area contributed by atoms with Crippen molar-refractivity contribution in [2.24, 2.45) is 0 Å². The normalized spacial score (nSPS) is 17.2. The van der Waals surface area contributed by atoms with Crippen molar-refractivity contribution in [2.45, 2.75) is 26.4 Å². The maximum atomic E-state index is 11.4. The molecule has 0 saturated heterocycles. The van der Waals surface area contributed by atoms with Crippen molar-refractivity contribution >= 4 is 23.8 Å². The first-order valence-corrected chi connectivity index (χ1v) is 5.86. The third-order valence-corrected chi connectivity index (χ3v) is 3.00. The number of ether oxygens (including phenoxy) is 1. The Balaban J connectivity index is 2.47. The number of anilines is 1. The molecule has 2 rings (SSSR count). The fraction of sp³-hybridized carbons (Fsp3) is 0.286.